The van der Waals surface area contributed by atoms with Gasteiger partial charge in [-0.3, -0.25) is 0 Å². The van der Waals surface area contributed by atoms with E-state index in [1.165, 1.54) is 33.4 Å². The normalized spacial score (nSPS) is 16.8. The van der Waals surface area contributed by atoms with Gasteiger partial charge in [-0.05, 0) is 43.7 Å². The van der Waals surface area contributed by atoms with Crippen molar-refractivity contribution in [3.63, 3.8) is 0 Å². The number of anilines is 3. The summed E-state index contributed by atoms with van der Waals surface area (Å²) in [5.41, 5.74) is 6.09. The zero-order chi connectivity index (χ0) is 17.1. The molecule has 0 unspecified atom stereocenters. The first-order valence-corrected chi connectivity index (χ1v) is 8.63. The van der Waals surface area contributed by atoms with Crippen LogP contribution >= 0.6 is 0 Å². The number of aryl methyl sites for hydroxylation is 1. The van der Waals surface area contributed by atoms with Crippen molar-refractivity contribution in [1.29, 1.82) is 0 Å². The summed E-state index contributed by atoms with van der Waals surface area (Å²) in [7, 11) is 2.17. The van der Waals surface area contributed by atoms with E-state index in [1.807, 2.05) is 12.4 Å². The smallest absolute Gasteiger partial charge is 0.144 e. The molecule has 25 heavy (non-hydrogen) atoms. The van der Waals surface area contributed by atoms with Crippen molar-refractivity contribution in [1.82, 2.24) is 9.38 Å². The Kier molecular flexibility index (Phi) is 2.86. The number of fused-ring (bicyclic) bond motifs is 5. The average molecular weight is 328 g/mol. The minimum atomic E-state index is 0.262. The van der Waals surface area contributed by atoms with Crippen LogP contribution in [0.25, 0.3) is 16.4 Å². The Morgan fingerprint density at radius 1 is 0.920 bits per heavy atom. The van der Waals surface area contributed by atoms with Crippen molar-refractivity contribution >= 4 is 33.5 Å². The van der Waals surface area contributed by atoms with Crippen molar-refractivity contribution < 1.29 is 0 Å². The molecule has 124 valence electrons. The maximum absolute atomic E-state index is 4.56. The Hall–Kier alpha value is -3.01. The fourth-order valence-corrected chi connectivity index (χ4v) is 4.01. The van der Waals surface area contributed by atoms with Crippen molar-refractivity contribution in [3.8, 4) is 0 Å². The van der Waals surface area contributed by atoms with Gasteiger partial charge in [0.05, 0.1) is 11.4 Å². The molecule has 0 spiro atoms. The highest BCUT2D eigenvalue weighted by Gasteiger charge is 2.33. The van der Waals surface area contributed by atoms with E-state index in [9.17, 15) is 0 Å². The van der Waals surface area contributed by atoms with Gasteiger partial charge in [-0.1, -0.05) is 18.2 Å². The largest absolute Gasteiger partial charge is 0.352 e. The monoisotopic (exact) mass is 328 g/mol. The standard InChI is InChI=1S/C21H20N4/c1-14-6-4-5-7-18(14)25-15(2)23(3)19-9-8-17-16(20(19)25)10-12-24-13-11-22-21(17)24/h4-13,15H,1-3H3/t15-/m0/s1. The van der Waals surface area contributed by atoms with Gasteiger partial charge in [-0.25, -0.2) is 4.98 Å². The van der Waals surface area contributed by atoms with Crippen molar-refractivity contribution in [2.75, 3.05) is 16.8 Å². The highest BCUT2D eigenvalue weighted by Crippen LogP contribution is 2.48. The second-order valence-corrected chi connectivity index (χ2v) is 6.77. The molecule has 4 aromatic rings. The summed E-state index contributed by atoms with van der Waals surface area (Å²) < 4.78 is 2.08. The van der Waals surface area contributed by atoms with Crippen molar-refractivity contribution in [2.24, 2.45) is 0 Å². The van der Waals surface area contributed by atoms with Gasteiger partial charge in [0.2, 0.25) is 0 Å². The summed E-state index contributed by atoms with van der Waals surface area (Å²) in [5.74, 6) is 0. The number of hydrogen-bond donors (Lipinski definition) is 0. The molecular weight excluding hydrogens is 308 g/mol. The molecule has 4 nitrogen and oxygen atoms in total. The van der Waals surface area contributed by atoms with Crippen LogP contribution in [0.4, 0.5) is 17.1 Å². The van der Waals surface area contributed by atoms with E-state index in [1.54, 1.807) is 0 Å². The number of aromatic nitrogens is 2. The zero-order valence-corrected chi connectivity index (χ0v) is 14.6. The molecule has 0 N–H and O–H groups in total. The van der Waals surface area contributed by atoms with Gasteiger partial charge in [-0.15, -0.1) is 0 Å². The SMILES string of the molecule is Cc1ccccc1N1c2c(ccc3c2ccn2ccnc32)N(C)[C@@H]1C. The molecule has 1 aliphatic heterocycles. The number of hydrogen-bond acceptors (Lipinski definition) is 3. The average Bonchev–Trinajstić information content (AvgIpc) is 3.20. The molecular formula is C21H20N4. The highest BCUT2D eigenvalue weighted by atomic mass is 15.4. The molecule has 1 aliphatic rings. The third-order valence-corrected chi connectivity index (χ3v) is 5.44. The van der Waals surface area contributed by atoms with E-state index in [-0.39, 0.29) is 6.17 Å². The number of pyridine rings is 1. The van der Waals surface area contributed by atoms with Crippen LogP contribution < -0.4 is 9.80 Å². The Morgan fingerprint density at radius 2 is 1.76 bits per heavy atom. The molecule has 0 saturated carbocycles. The Morgan fingerprint density at radius 3 is 2.60 bits per heavy atom. The fraction of sp³-hybridized carbons (Fsp3) is 0.190. The van der Waals surface area contributed by atoms with Crippen LogP contribution in [0.2, 0.25) is 0 Å². The zero-order valence-electron chi connectivity index (χ0n) is 14.6. The van der Waals surface area contributed by atoms with Crippen LogP contribution in [0, 0.1) is 6.92 Å². The van der Waals surface area contributed by atoms with Crippen LogP contribution in [0.15, 0.2) is 61.1 Å². The molecule has 0 saturated heterocycles. The molecule has 0 amide bonds. The van der Waals surface area contributed by atoms with Gasteiger partial charge in [0.1, 0.15) is 11.8 Å². The third kappa shape index (κ3) is 1.85. The molecule has 2 aromatic heterocycles. The lowest BCUT2D eigenvalue weighted by atomic mass is 10.1. The minimum absolute atomic E-state index is 0.262. The molecule has 0 bridgehead atoms. The number of para-hydroxylation sites is 1. The van der Waals surface area contributed by atoms with Crippen LogP contribution in [0.3, 0.4) is 0 Å². The van der Waals surface area contributed by atoms with E-state index in [0.717, 1.165) is 5.65 Å². The summed E-state index contributed by atoms with van der Waals surface area (Å²) in [6.07, 6.45) is 6.22. The van der Waals surface area contributed by atoms with Crippen LogP contribution in [0.1, 0.15) is 12.5 Å². The number of rotatable bonds is 1. The van der Waals surface area contributed by atoms with Crippen molar-refractivity contribution in [3.05, 3.63) is 66.6 Å². The Labute approximate surface area is 146 Å². The highest BCUT2D eigenvalue weighted by molar-refractivity contribution is 6.09. The maximum atomic E-state index is 4.56. The lowest BCUT2D eigenvalue weighted by Crippen LogP contribution is -2.35. The van der Waals surface area contributed by atoms with Gasteiger partial charge in [0, 0.05) is 42.1 Å². The van der Waals surface area contributed by atoms with E-state index in [0.29, 0.717) is 0 Å². The number of nitrogens with zero attached hydrogens (tertiary/aromatic N) is 4. The Balaban J connectivity index is 1.87. The van der Waals surface area contributed by atoms with E-state index in [4.69, 9.17) is 0 Å². The lowest BCUT2D eigenvalue weighted by molar-refractivity contribution is 0.733. The van der Waals surface area contributed by atoms with E-state index < -0.39 is 0 Å². The fourth-order valence-electron chi connectivity index (χ4n) is 4.01. The second kappa shape index (κ2) is 4.99. The number of imidazole rings is 1. The lowest BCUT2D eigenvalue weighted by Gasteiger charge is -2.29. The molecule has 1 atom stereocenters. The molecule has 0 fully saturated rings. The quantitative estimate of drug-likeness (QED) is 0.505. The molecule has 2 aromatic carbocycles. The van der Waals surface area contributed by atoms with Crippen molar-refractivity contribution in [2.45, 2.75) is 20.0 Å². The predicted molar refractivity (Wildman–Crippen MR) is 104 cm³/mol. The molecule has 0 radical (unpaired) electrons. The topological polar surface area (TPSA) is 23.8 Å². The van der Waals surface area contributed by atoms with Gasteiger partial charge in [0.15, 0.2) is 0 Å². The van der Waals surface area contributed by atoms with Gasteiger partial charge >= 0.3 is 0 Å². The molecule has 3 heterocycles. The van der Waals surface area contributed by atoms with Gasteiger partial charge in [-0.2, -0.15) is 0 Å². The van der Waals surface area contributed by atoms with E-state index >= 15 is 0 Å². The summed E-state index contributed by atoms with van der Waals surface area (Å²) in [6.45, 7) is 4.43. The summed E-state index contributed by atoms with van der Waals surface area (Å²) in [6, 6.07) is 15.2. The Bertz CT molecular complexity index is 1110. The summed E-state index contributed by atoms with van der Waals surface area (Å²) in [5, 5.41) is 2.43. The second-order valence-electron chi connectivity index (χ2n) is 6.77. The maximum Gasteiger partial charge on any atom is 0.144 e. The van der Waals surface area contributed by atoms with Crippen LogP contribution in [-0.4, -0.2) is 22.6 Å². The first kappa shape index (κ1) is 14.3. The molecule has 0 aliphatic carbocycles. The first-order chi connectivity index (χ1) is 12.2. The summed E-state index contributed by atoms with van der Waals surface area (Å²) >= 11 is 0. The van der Waals surface area contributed by atoms with Crippen LogP contribution in [0.5, 0.6) is 0 Å². The molecule has 4 heteroatoms. The number of benzene rings is 2. The first-order valence-electron chi connectivity index (χ1n) is 8.63. The predicted octanol–water partition coefficient (Wildman–Crippen LogP) is 4.73. The van der Waals surface area contributed by atoms with E-state index in [2.05, 4.69) is 88.7 Å². The summed E-state index contributed by atoms with van der Waals surface area (Å²) in [4.78, 5) is 9.35. The van der Waals surface area contributed by atoms with Crippen LogP contribution in [-0.2, 0) is 0 Å². The third-order valence-electron chi connectivity index (χ3n) is 5.44. The minimum Gasteiger partial charge on any atom is -0.352 e. The molecule has 5 rings (SSSR count). The van der Waals surface area contributed by atoms with Gasteiger partial charge in [0.25, 0.3) is 0 Å². The van der Waals surface area contributed by atoms with Gasteiger partial charge < -0.3 is 14.2 Å².